The molecule has 8 nitrogen and oxygen atoms in total. The van der Waals surface area contributed by atoms with E-state index in [4.69, 9.17) is 18.6 Å². The molecule has 0 bridgehead atoms. The fourth-order valence-electron chi connectivity index (χ4n) is 2.15. The number of nitrogens with one attached hydrogen (secondary N) is 1. The summed E-state index contributed by atoms with van der Waals surface area (Å²) in [6, 6.07) is 3.54. The van der Waals surface area contributed by atoms with Gasteiger partial charge in [0, 0.05) is 11.5 Å². The van der Waals surface area contributed by atoms with Crippen molar-refractivity contribution >= 4 is 11.9 Å². The number of rotatable bonds is 9. The number of carbonyl (C=O) groups excluding carboxylic acids is 1. The maximum absolute atomic E-state index is 11.8. The van der Waals surface area contributed by atoms with Crippen LogP contribution in [-0.2, 0) is 4.79 Å². The molecular weight excluding hydrogens is 338 g/mol. The molecule has 1 amide bonds. The maximum atomic E-state index is 11.8. The summed E-state index contributed by atoms with van der Waals surface area (Å²) < 4.78 is 22.6. The molecule has 0 aliphatic heterocycles. The number of hydrogen-bond donors (Lipinski definition) is 1. The number of ether oxygens (including phenoxy) is 3. The van der Waals surface area contributed by atoms with Crippen molar-refractivity contribution in [3.8, 4) is 28.7 Å². The standard InChI is InChI=1S/C18H25N3O5/c1-6-23-13-9-12(10-14(24-7-2)15(13)25-8-3)17-20-21-18(26-17)19-16(22)11(4)5/h9-11H,6-8H2,1-5H3,(H,19,21,22). The van der Waals surface area contributed by atoms with Crippen molar-refractivity contribution in [2.45, 2.75) is 34.6 Å². The Morgan fingerprint density at radius 2 is 1.62 bits per heavy atom. The predicted molar refractivity (Wildman–Crippen MR) is 96.7 cm³/mol. The molecule has 0 saturated heterocycles. The second-order valence-corrected chi connectivity index (χ2v) is 5.66. The first kappa shape index (κ1) is 19.6. The van der Waals surface area contributed by atoms with E-state index in [1.54, 1.807) is 26.0 Å². The third kappa shape index (κ3) is 4.65. The zero-order chi connectivity index (χ0) is 19.1. The molecule has 0 saturated carbocycles. The van der Waals surface area contributed by atoms with Gasteiger partial charge in [0.15, 0.2) is 11.5 Å². The Balaban J connectivity index is 2.39. The van der Waals surface area contributed by atoms with Crippen LogP contribution in [0.5, 0.6) is 17.2 Å². The van der Waals surface area contributed by atoms with Gasteiger partial charge in [-0.1, -0.05) is 18.9 Å². The lowest BCUT2D eigenvalue weighted by Crippen LogP contribution is -2.17. The van der Waals surface area contributed by atoms with Crippen molar-refractivity contribution in [1.82, 2.24) is 10.2 Å². The summed E-state index contributed by atoms with van der Waals surface area (Å²) >= 11 is 0. The molecule has 0 unspecified atom stereocenters. The van der Waals surface area contributed by atoms with E-state index in [9.17, 15) is 4.79 Å². The lowest BCUT2D eigenvalue weighted by molar-refractivity contribution is -0.119. The van der Waals surface area contributed by atoms with Crippen molar-refractivity contribution in [3.63, 3.8) is 0 Å². The Bertz CT molecular complexity index is 715. The van der Waals surface area contributed by atoms with Gasteiger partial charge in [-0.05, 0) is 32.9 Å². The summed E-state index contributed by atoms with van der Waals surface area (Å²) in [4.78, 5) is 11.8. The van der Waals surface area contributed by atoms with Crippen LogP contribution in [0.25, 0.3) is 11.5 Å². The van der Waals surface area contributed by atoms with E-state index in [0.717, 1.165) is 0 Å². The first-order valence-electron chi connectivity index (χ1n) is 8.71. The van der Waals surface area contributed by atoms with E-state index in [1.165, 1.54) is 0 Å². The molecule has 8 heteroatoms. The van der Waals surface area contributed by atoms with Gasteiger partial charge in [-0.25, -0.2) is 0 Å². The highest BCUT2D eigenvalue weighted by molar-refractivity contribution is 5.90. The molecule has 0 aliphatic carbocycles. The first-order chi connectivity index (χ1) is 12.5. The van der Waals surface area contributed by atoms with Gasteiger partial charge in [-0.3, -0.25) is 10.1 Å². The number of nitrogens with zero attached hydrogens (tertiary/aromatic N) is 2. The van der Waals surface area contributed by atoms with Crippen molar-refractivity contribution in [2.75, 3.05) is 25.1 Å². The third-order valence-corrected chi connectivity index (χ3v) is 3.34. The molecule has 26 heavy (non-hydrogen) atoms. The smallest absolute Gasteiger partial charge is 0.322 e. The Hall–Kier alpha value is -2.77. The molecule has 0 aliphatic rings. The molecule has 1 N–H and O–H groups in total. The molecule has 0 fully saturated rings. The van der Waals surface area contributed by atoms with E-state index in [1.807, 2.05) is 20.8 Å². The van der Waals surface area contributed by atoms with E-state index in [2.05, 4.69) is 15.5 Å². The quantitative estimate of drug-likeness (QED) is 0.728. The van der Waals surface area contributed by atoms with Crippen LogP contribution in [0.15, 0.2) is 16.5 Å². The van der Waals surface area contributed by atoms with Crippen LogP contribution in [0.1, 0.15) is 34.6 Å². The van der Waals surface area contributed by atoms with Crippen molar-refractivity contribution in [3.05, 3.63) is 12.1 Å². The Morgan fingerprint density at radius 1 is 1.04 bits per heavy atom. The topological polar surface area (TPSA) is 95.7 Å². The number of aromatic nitrogens is 2. The maximum Gasteiger partial charge on any atom is 0.322 e. The van der Waals surface area contributed by atoms with Crippen LogP contribution in [0, 0.1) is 5.92 Å². The van der Waals surface area contributed by atoms with Crippen LogP contribution in [0.3, 0.4) is 0 Å². The normalized spacial score (nSPS) is 10.7. The highest BCUT2D eigenvalue weighted by Gasteiger charge is 2.19. The Labute approximate surface area is 152 Å². The number of amides is 1. The van der Waals surface area contributed by atoms with Gasteiger partial charge >= 0.3 is 6.01 Å². The Kier molecular flexibility index (Phi) is 6.82. The molecule has 0 spiro atoms. The molecule has 2 aromatic rings. The molecule has 1 aromatic heterocycles. The predicted octanol–water partition coefficient (Wildman–Crippen LogP) is 3.53. The van der Waals surface area contributed by atoms with Crippen molar-refractivity contribution in [1.29, 1.82) is 0 Å². The van der Waals surface area contributed by atoms with Crippen LogP contribution in [0.2, 0.25) is 0 Å². The number of benzene rings is 1. The lowest BCUT2D eigenvalue weighted by Gasteiger charge is -2.16. The fraction of sp³-hybridized carbons (Fsp3) is 0.500. The number of carbonyl (C=O) groups is 1. The monoisotopic (exact) mass is 363 g/mol. The van der Waals surface area contributed by atoms with Crippen LogP contribution < -0.4 is 19.5 Å². The molecule has 142 valence electrons. The minimum absolute atomic E-state index is 0.0449. The van der Waals surface area contributed by atoms with E-state index >= 15 is 0 Å². The largest absolute Gasteiger partial charge is 0.490 e. The fourth-order valence-corrected chi connectivity index (χ4v) is 2.15. The summed E-state index contributed by atoms with van der Waals surface area (Å²) in [7, 11) is 0. The van der Waals surface area contributed by atoms with E-state index < -0.39 is 0 Å². The molecular formula is C18H25N3O5. The molecule has 2 rings (SSSR count). The van der Waals surface area contributed by atoms with Gasteiger partial charge in [0.05, 0.1) is 19.8 Å². The second-order valence-electron chi connectivity index (χ2n) is 5.66. The average Bonchev–Trinajstić information content (AvgIpc) is 3.06. The average molecular weight is 363 g/mol. The van der Waals surface area contributed by atoms with Gasteiger partial charge in [0.25, 0.3) is 0 Å². The zero-order valence-electron chi connectivity index (χ0n) is 15.8. The number of anilines is 1. The van der Waals surface area contributed by atoms with Gasteiger partial charge in [-0.2, -0.15) is 0 Å². The van der Waals surface area contributed by atoms with Crippen LogP contribution in [0.4, 0.5) is 6.01 Å². The SMILES string of the molecule is CCOc1cc(-c2nnc(NC(=O)C(C)C)o2)cc(OCC)c1OCC. The van der Waals surface area contributed by atoms with Crippen LogP contribution >= 0.6 is 0 Å². The van der Waals surface area contributed by atoms with Gasteiger partial charge < -0.3 is 18.6 Å². The lowest BCUT2D eigenvalue weighted by atomic mass is 10.2. The van der Waals surface area contributed by atoms with E-state index in [0.29, 0.717) is 42.6 Å². The van der Waals surface area contributed by atoms with Gasteiger partial charge in [0.1, 0.15) is 0 Å². The minimum Gasteiger partial charge on any atom is -0.490 e. The van der Waals surface area contributed by atoms with Gasteiger partial charge in [0.2, 0.25) is 17.5 Å². The highest BCUT2D eigenvalue weighted by Crippen LogP contribution is 2.41. The molecule has 0 atom stereocenters. The second kappa shape index (κ2) is 9.07. The summed E-state index contributed by atoms with van der Waals surface area (Å²) in [5, 5.41) is 10.4. The molecule has 1 aromatic carbocycles. The van der Waals surface area contributed by atoms with Crippen LogP contribution in [-0.4, -0.2) is 35.9 Å². The first-order valence-corrected chi connectivity index (χ1v) is 8.71. The zero-order valence-corrected chi connectivity index (χ0v) is 15.8. The van der Waals surface area contributed by atoms with Gasteiger partial charge in [-0.15, -0.1) is 5.10 Å². The number of hydrogen-bond acceptors (Lipinski definition) is 7. The summed E-state index contributed by atoms with van der Waals surface area (Å²) in [6.45, 7) is 10.6. The summed E-state index contributed by atoms with van der Waals surface area (Å²) in [6.07, 6.45) is 0. The third-order valence-electron chi connectivity index (χ3n) is 3.34. The van der Waals surface area contributed by atoms with Crippen molar-refractivity contribution < 1.29 is 23.4 Å². The highest BCUT2D eigenvalue weighted by atomic mass is 16.5. The summed E-state index contributed by atoms with van der Waals surface area (Å²) in [5.41, 5.74) is 0.609. The molecule has 1 heterocycles. The minimum atomic E-state index is -0.197. The summed E-state index contributed by atoms with van der Waals surface area (Å²) in [5.74, 6) is 1.45. The molecule has 0 radical (unpaired) electrons. The van der Waals surface area contributed by atoms with E-state index in [-0.39, 0.29) is 23.7 Å². The van der Waals surface area contributed by atoms with Crippen molar-refractivity contribution in [2.24, 2.45) is 5.92 Å². The Morgan fingerprint density at radius 3 is 2.12 bits per heavy atom.